The molecule has 72 valence electrons. The van der Waals surface area contributed by atoms with E-state index in [1.165, 1.54) is 23.6 Å². The molecule has 2 aromatic heterocycles. The maximum atomic E-state index is 12.6. The maximum Gasteiger partial charge on any atom is 0.184 e. The fraction of sp³-hybridized carbons (Fsp3) is 0.111. The molecule has 0 N–H and O–H groups in total. The molecule has 0 unspecified atom stereocenters. The van der Waals surface area contributed by atoms with Gasteiger partial charge in [0.1, 0.15) is 11.5 Å². The number of hydrogen-bond donors (Lipinski definition) is 0. The van der Waals surface area contributed by atoms with E-state index in [9.17, 15) is 4.39 Å². The van der Waals surface area contributed by atoms with E-state index in [2.05, 4.69) is 9.97 Å². The molecule has 5 heteroatoms. The molecular weight excluding hydrogens is 223 g/mol. The van der Waals surface area contributed by atoms with Gasteiger partial charge in [0.2, 0.25) is 0 Å². The van der Waals surface area contributed by atoms with Crippen LogP contribution < -0.4 is 0 Å². The number of nitrogens with zero attached hydrogens (tertiary/aromatic N) is 2. The van der Waals surface area contributed by atoms with Crippen LogP contribution in [0.5, 0.6) is 0 Å². The quantitative estimate of drug-likeness (QED) is 0.749. The van der Waals surface area contributed by atoms with Gasteiger partial charge in [0.05, 0.1) is 11.9 Å². The van der Waals surface area contributed by atoms with Crippen LogP contribution in [0.2, 0.25) is 4.47 Å². The number of thiazole rings is 1. The topological polar surface area (TPSA) is 25.8 Å². The van der Waals surface area contributed by atoms with Crippen LogP contribution in [0.25, 0.3) is 11.4 Å². The summed E-state index contributed by atoms with van der Waals surface area (Å²) in [5.74, 6) is -0.354. The Morgan fingerprint density at radius 1 is 1.43 bits per heavy atom. The van der Waals surface area contributed by atoms with Gasteiger partial charge in [-0.05, 0) is 19.1 Å². The minimum atomic E-state index is -0.354. The van der Waals surface area contributed by atoms with E-state index in [4.69, 9.17) is 11.6 Å². The summed E-state index contributed by atoms with van der Waals surface area (Å²) < 4.78 is 13.1. The van der Waals surface area contributed by atoms with Crippen molar-refractivity contribution in [2.24, 2.45) is 0 Å². The van der Waals surface area contributed by atoms with E-state index < -0.39 is 0 Å². The lowest BCUT2D eigenvalue weighted by atomic mass is 10.2. The van der Waals surface area contributed by atoms with Gasteiger partial charge in [-0.2, -0.15) is 0 Å². The molecule has 0 fully saturated rings. The zero-order chi connectivity index (χ0) is 10.1. The highest BCUT2D eigenvalue weighted by molar-refractivity contribution is 7.16. The molecule has 0 amide bonds. The Bertz CT molecular complexity index is 452. The van der Waals surface area contributed by atoms with E-state index in [-0.39, 0.29) is 5.82 Å². The van der Waals surface area contributed by atoms with Gasteiger partial charge in [0, 0.05) is 4.88 Å². The van der Waals surface area contributed by atoms with Gasteiger partial charge in [0.25, 0.3) is 0 Å². The first kappa shape index (κ1) is 9.55. The summed E-state index contributed by atoms with van der Waals surface area (Å²) in [6, 6.07) is 2.95. The largest absolute Gasteiger partial charge is 0.252 e. The average Bonchev–Trinajstić information content (AvgIpc) is 2.47. The lowest BCUT2D eigenvalue weighted by Crippen LogP contribution is -1.86. The van der Waals surface area contributed by atoms with Crippen LogP contribution in [-0.2, 0) is 0 Å². The zero-order valence-corrected chi connectivity index (χ0v) is 8.86. The first-order chi connectivity index (χ1) is 6.66. The molecule has 14 heavy (non-hydrogen) atoms. The Hall–Kier alpha value is -1.00. The Labute approximate surface area is 89.4 Å². The van der Waals surface area contributed by atoms with Crippen LogP contribution >= 0.6 is 22.9 Å². The predicted molar refractivity (Wildman–Crippen MR) is 55.1 cm³/mol. The maximum absolute atomic E-state index is 12.6. The SMILES string of the molecule is Cc1sc(Cl)nc1-c1ccc(F)cn1. The molecular formula is C9H6ClFN2S. The highest BCUT2D eigenvalue weighted by atomic mass is 35.5. The molecule has 0 atom stereocenters. The Balaban J connectivity index is 2.49. The van der Waals surface area contributed by atoms with Crippen molar-refractivity contribution in [3.05, 3.63) is 33.5 Å². The minimum absolute atomic E-state index is 0.354. The molecule has 0 aliphatic carbocycles. The van der Waals surface area contributed by atoms with Crippen molar-refractivity contribution in [2.45, 2.75) is 6.92 Å². The first-order valence-corrected chi connectivity index (χ1v) is 5.11. The van der Waals surface area contributed by atoms with E-state index in [0.717, 1.165) is 10.6 Å². The standard InChI is InChI=1S/C9H6ClFN2S/c1-5-8(13-9(10)14-5)7-3-2-6(11)4-12-7/h2-4H,1H3. The first-order valence-electron chi connectivity index (χ1n) is 3.91. The van der Waals surface area contributed by atoms with Crippen LogP contribution in [0, 0.1) is 12.7 Å². The normalized spacial score (nSPS) is 10.5. The van der Waals surface area contributed by atoms with Crippen molar-refractivity contribution < 1.29 is 4.39 Å². The predicted octanol–water partition coefficient (Wildman–Crippen LogP) is 3.31. The Morgan fingerprint density at radius 3 is 2.71 bits per heavy atom. The third-order valence-corrected chi connectivity index (χ3v) is 2.82. The molecule has 0 spiro atoms. The van der Waals surface area contributed by atoms with Gasteiger partial charge >= 0.3 is 0 Å². The van der Waals surface area contributed by atoms with Gasteiger partial charge in [-0.3, -0.25) is 4.98 Å². The molecule has 0 aliphatic rings. The molecule has 2 rings (SSSR count). The van der Waals surface area contributed by atoms with Gasteiger partial charge < -0.3 is 0 Å². The monoisotopic (exact) mass is 228 g/mol. The van der Waals surface area contributed by atoms with Crippen LogP contribution in [-0.4, -0.2) is 9.97 Å². The summed E-state index contributed by atoms with van der Waals surface area (Å²) in [5, 5.41) is 0. The van der Waals surface area contributed by atoms with E-state index in [1.54, 1.807) is 6.07 Å². The number of aryl methyl sites for hydroxylation is 1. The minimum Gasteiger partial charge on any atom is -0.252 e. The highest BCUT2D eigenvalue weighted by Crippen LogP contribution is 2.28. The number of hydrogen-bond acceptors (Lipinski definition) is 3. The van der Waals surface area contributed by atoms with Gasteiger partial charge in [0.15, 0.2) is 4.47 Å². The summed E-state index contributed by atoms with van der Waals surface area (Å²) in [5.41, 5.74) is 1.37. The molecule has 0 bridgehead atoms. The molecule has 2 aromatic rings. The van der Waals surface area contributed by atoms with Crippen molar-refractivity contribution in [1.29, 1.82) is 0 Å². The summed E-state index contributed by atoms with van der Waals surface area (Å²) in [7, 11) is 0. The van der Waals surface area contributed by atoms with Crippen molar-refractivity contribution in [3.63, 3.8) is 0 Å². The molecule has 0 saturated carbocycles. The molecule has 0 aliphatic heterocycles. The van der Waals surface area contributed by atoms with Crippen molar-refractivity contribution in [2.75, 3.05) is 0 Å². The molecule has 2 heterocycles. The summed E-state index contributed by atoms with van der Waals surface area (Å²) in [6.45, 7) is 1.91. The average molecular weight is 229 g/mol. The Kier molecular flexibility index (Phi) is 2.48. The highest BCUT2D eigenvalue weighted by Gasteiger charge is 2.09. The molecule has 2 nitrogen and oxygen atoms in total. The van der Waals surface area contributed by atoms with Gasteiger partial charge in [-0.15, -0.1) is 11.3 Å². The summed E-state index contributed by atoms with van der Waals surface area (Å²) >= 11 is 7.14. The van der Waals surface area contributed by atoms with Crippen molar-refractivity contribution >= 4 is 22.9 Å². The van der Waals surface area contributed by atoms with Crippen LogP contribution in [0.3, 0.4) is 0 Å². The van der Waals surface area contributed by atoms with Crippen LogP contribution in [0.1, 0.15) is 4.88 Å². The fourth-order valence-electron chi connectivity index (χ4n) is 1.12. The summed E-state index contributed by atoms with van der Waals surface area (Å²) in [6.07, 6.45) is 1.17. The number of halogens is 2. The second-order valence-corrected chi connectivity index (χ2v) is 4.52. The van der Waals surface area contributed by atoms with E-state index >= 15 is 0 Å². The molecule has 0 aromatic carbocycles. The van der Waals surface area contributed by atoms with Gasteiger partial charge in [-0.25, -0.2) is 9.37 Å². The lowest BCUT2D eigenvalue weighted by molar-refractivity contribution is 0.622. The van der Waals surface area contributed by atoms with Crippen molar-refractivity contribution in [3.8, 4) is 11.4 Å². The van der Waals surface area contributed by atoms with Crippen molar-refractivity contribution in [1.82, 2.24) is 9.97 Å². The van der Waals surface area contributed by atoms with Crippen LogP contribution in [0.4, 0.5) is 4.39 Å². The van der Waals surface area contributed by atoms with Gasteiger partial charge in [-0.1, -0.05) is 11.6 Å². The third-order valence-electron chi connectivity index (χ3n) is 1.74. The molecule has 0 saturated heterocycles. The Morgan fingerprint density at radius 2 is 2.21 bits per heavy atom. The second kappa shape index (κ2) is 3.63. The lowest BCUT2D eigenvalue weighted by Gasteiger charge is -1.96. The number of rotatable bonds is 1. The second-order valence-electron chi connectivity index (χ2n) is 2.73. The van der Waals surface area contributed by atoms with Crippen LogP contribution in [0.15, 0.2) is 18.3 Å². The molecule has 0 radical (unpaired) electrons. The number of pyridine rings is 1. The zero-order valence-electron chi connectivity index (χ0n) is 7.29. The third kappa shape index (κ3) is 1.76. The fourth-order valence-corrected chi connectivity index (χ4v) is 2.19. The van der Waals surface area contributed by atoms with E-state index in [0.29, 0.717) is 10.2 Å². The smallest absolute Gasteiger partial charge is 0.184 e. The summed E-state index contributed by atoms with van der Waals surface area (Å²) in [4.78, 5) is 9.02. The van der Waals surface area contributed by atoms with E-state index in [1.807, 2.05) is 6.92 Å². The number of aromatic nitrogens is 2.